The van der Waals surface area contributed by atoms with Crippen molar-refractivity contribution in [3.8, 4) is 21.9 Å². The van der Waals surface area contributed by atoms with Crippen molar-refractivity contribution >= 4 is 11.3 Å². The van der Waals surface area contributed by atoms with Gasteiger partial charge in [-0.3, -0.25) is 0 Å². The smallest absolute Gasteiger partial charge is 0.231 e. The first-order chi connectivity index (χ1) is 11.8. The quantitative estimate of drug-likeness (QED) is 0.737. The molecule has 0 aliphatic carbocycles. The van der Waals surface area contributed by atoms with Gasteiger partial charge in [0.1, 0.15) is 5.82 Å². The van der Waals surface area contributed by atoms with E-state index in [1.807, 2.05) is 42.5 Å². The van der Waals surface area contributed by atoms with Gasteiger partial charge >= 0.3 is 0 Å². The Bertz CT molecular complexity index is 862. The Hall–Kier alpha value is -2.37. The molecule has 1 N–H and O–H groups in total. The van der Waals surface area contributed by atoms with Gasteiger partial charge in [0.2, 0.25) is 6.79 Å². The van der Waals surface area contributed by atoms with Crippen molar-refractivity contribution in [2.45, 2.75) is 13.1 Å². The summed E-state index contributed by atoms with van der Waals surface area (Å²) in [5, 5.41) is 3.41. The molecule has 1 aliphatic rings. The predicted molar refractivity (Wildman–Crippen MR) is 92.8 cm³/mol. The normalized spacial score (nSPS) is 12.5. The summed E-state index contributed by atoms with van der Waals surface area (Å²) < 4.78 is 24.5. The van der Waals surface area contributed by atoms with Crippen LogP contribution in [0.1, 0.15) is 10.4 Å². The first-order valence-corrected chi connectivity index (χ1v) is 8.54. The number of rotatable bonds is 5. The molecule has 1 aliphatic heterocycles. The van der Waals surface area contributed by atoms with Gasteiger partial charge in [-0.05, 0) is 35.9 Å². The molecule has 0 bridgehead atoms. The van der Waals surface area contributed by atoms with Crippen molar-refractivity contribution in [2.75, 3.05) is 6.79 Å². The molecule has 2 aromatic carbocycles. The molecular formula is C19H16FNO2S. The second-order valence-electron chi connectivity index (χ2n) is 5.54. The Balaban J connectivity index is 1.38. The Kier molecular flexibility index (Phi) is 4.19. The fraction of sp³-hybridized carbons (Fsp3) is 0.158. The molecular weight excluding hydrogens is 325 g/mol. The maximum Gasteiger partial charge on any atom is 0.231 e. The minimum atomic E-state index is -0.181. The number of nitrogens with one attached hydrogen (secondary N) is 1. The summed E-state index contributed by atoms with van der Waals surface area (Å²) in [5.74, 6) is 1.41. The number of hydrogen-bond acceptors (Lipinski definition) is 4. The Labute approximate surface area is 143 Å². The number of hydrogen-bond donors (Lipinski definition) is 1. The highest BCUT2D eigenvalue weighted by atomic mass is 32.1. The summed E-state index contributed by atoms with van der Waals surface area (Å²) in [4.78, 5) is 2.13. The van der Waals surface area contributed by atoms with Gasteiger partial charge in [-0.15, -0.1) is 11.3 Å². The summed E-state index contributed by atoms with van der Waals surface area (Å²) >= 11 is 1.61. The fourth-order valence-electron chi connectivity index (χ4n) is 2.66. The average molecular weight is 341 g/mol. The van der Waals surface area contributed by atoms with Crippen molar-refractivity contribution < 1.29 is 13.9 Å². The van der Waals surface area contributed by atoms with Gasteiger partial charge in [0.25, 0.3) is 0 Å². The fourth-order valence-corrected chi connectivity index (χ4v) is 3.66. The molecule has 0 saturated carbocycles. The molecule has 0 amide bonds. The van der Waals surface area contributed by atoms with Crippen LogP contribution in [-0.2, 0) is 13.1 Å². The average Bonchev–Trinajstić information content (AvgIpc) is 3.24. The van der Waals surface area contributed by atoms with E-state index in [1.54, 1.807) is 17.4 Å². The van der Waals surface area contributed by atoms with Gasteiger partial charge in [-0.1, -0.05) is 24.3 Å². The van der Waals surface area contributed by atoms with E-state index in [0.29, 0.717) is 12.4 Å². The van der Waals surface area contributed by atoms with Crippen LogP contribution in [0.15, 0.2) is 54.6 Å². The molecule has 0 spiro atoms. The number of thiophene rings is 1. The maximum absolute atomic E-state index is 13.8. The summed E-state index contributed by atoms with van der Waals surface area (Å²) in [6.07, 6.45) is 0. The standard InChI is InChI=1S/C19H16FNO2S/c20-16-4-2-1-3-15(16)19-8-6-14(24-19)11-21-10-13-5-7-17-18(9-13)23-12-22-17/h1-9,21H,10-12H2. The van der Waals surface area contributed by atoms with Crippen LogP contribution in [0.3, 0.4) is 0 Å². The lowest BCUT2D eigenvalue weighted by atomic mass is 10.2. The van der Waals surface area contributed by atoms with E-state index in [4.69, 9.17) is 9.47 Å². The van der Waals surface area contributed by atoms with E-state index >= 15 is 0 Å². The van der Waals surface area contributed by atoms with Crippen LogP contribution in [0.5, 0.6) is 11.5 Å². The molecule has 0 radical (unpaired) electrons. The maximum atomic E-state index is 13.8. The monoisotopic (exact) mass is 341 g/mol. The number of ether oxygens (including phenoxy) is 2. The molecule has 4 rings (SSSR count). The van der Waals surface area contributed by atoms with Crippen molar-refractivity contribution in [2.24, 2.45) is 0 Å². The third-order valence-corrected chi connectivity index (χ3v) is 4.98. The SMILES string of the molecule is Fc1ccccc1-c1ccc(CNCc2ccc3c(c2)OCO3)s1. The second-order valence-corrected chi connectivity index (χ2v) is 6.71. The molecule has 2 heterocycles. The second kappa shape index (κ2) is 6.63. The summed E-state index contributed by atoms with van der Waals surface area (Å²) in [6, 6.07) is 16.8. The number of halogens is 1. The zero-order valence-corrected chi connectivity index (χ0v) is 13.7. The molecule has 122 valence electrons. The van der Waals surface area contributed by atoms with E-state index in [9.17, 15) is 4.39 Å². The van der Waals surface area contributed by atoms with E-state index in [0.717, 1.165) is 35.0 Å². The Morgan fingerprint density at radius 1 is 0.958 bits per heavy atom. The lowest BCUT2D eigenvalue weighted by Crippen LogP contribution is -2.11. The number of benzene rings is 2. The van der Waals surface area contributed by atoms with Crippen LogP contribution in [0, 0.1) is 5.82 Å². The van der Waals surface area contributed by atoms with Crippen molar-refractivity contribution in [3.63, 3.8) is 0 Å². The van der Waals surface area contributed by atoms with Gasteiger partial charge in [0.15, 0.2) is 11.5 Å². The number of fused-ring (bicyclic) bond motifs is 1. The minimum absolute atomic E-state index is 0.181. The van der Waals surface area contributed by atoms with Crippen LogP contribution in [-0.4, -0.2) is 6.79 Å². The molecule has 0 fully saturated rings. The van der Waals surface area contributed by atoms with E-state index in [1.165, 1.54) is 10.9 Å². The first kappa shape index (κ1) is 15.2. The minimum Gasteiger partial charge on any atom is -0.454 e. The Morgan fingerprint density at radius 2 is 1.83 bits per heavy atom. The van der Waals surface area contributed by atoms with E-state index in [2.05, 4.69) is 5.32 Å². The van der Waals surface area contributed by atoms with Crippen LogP contribution >= 0.6 is 11.3 Å². The molecule has 5 heteroatoms. The van der Waals surface area contributed by atoms with Gasteiger partial charge in [0, 0.05) is 28.4 Å². The topological polar surface area (TPSA) is 30.5 Å². The van der Waals surface area contributed by atoms with E-state index in [-0.39, 0.29) is 5.82 Å². The van der Waals surface area contributed by atoms with Crippen molar-refractivity contribution in [1.82, 2.24) is 5.32 Å². The highest BCUT2D eigenvalue weighted by Gasteiger charge is 2.13. The summed E-state index contributed by atoms with van der Waals surface area (Å²) in [5.41, 5.74) is 1.80. The first-order valence-electron chi connectivity index (χ1n) is 7.72. The van der Waals surface area contributed by atoms with Gasteiger partial charge < -0.3 is 14.8 Å². The van der Waals surface area contributed by atoms with Gasteiger partial charge in [0.05, 0.1) is 0 Å². The van der Waals surface area contributed by atoms with Crippen molar-refractivity contribution in [1.29, 1.82) is 0 Å². The van der Waals surface area contributed by atoms with E-state index < -0.39 is 0 Å². The van der Waals surface area contributed by atoms with Crippen molar-refractivity contribution in [3.05, 3.63) is 70.9 Å². The largest absolute Gasteiger partial charge is 0.454 e. The molecule has 0 saturated heterocycles. The third kappa shape index (κ3) is 3.13. The molecule has 0 unspecified atom stereocenters. The molecule has 3 nitrogen and oxygen atoms in total. The zero-order valence-electron chi connectivity index (χ0n) is 12.9. The lowest BCUT2D eigenvalue weighted by Gasteiger charge is -2.05. The summed E-state index contributed by atoms with van der Waals surface area (Å²) in [6.45, 7) is 1.78. The van der Waals surface area contributed by atoms with Crippen LogP contribution in [0.4, 0.5) is 4.39 Å². The van der Waals surface area contributed by atoms with Crippen LogP contribution < -0.4 is 14.8 Å². The van der Waals surface area contributed by atoms with Crippen LogP contribution in [0.2, 0.25) is 0 Å². The third-order valence-electron chi connectivity index (χ3n) is 3.87. The lowest BCUT2D eigenvalue weighted by molar-refractivity contribution is 0.174. The summed E-state index contributed by atoms with van der Waals surface area (Å²) in [7, 11) is 0. The molecule has 0 atom stereocenters. The molecule has 24 heavy (non-hydrogen) atoms. The highest BCUT2D eigenvalue weighted by molar-refractivity contribution is 7.15. The molecule has 3 aromatic rings. The molecule has 1 aromatic heterocycles. The van der Waals surface area contributed by atoms with Gasteiger partial charge in [-0.25, -0.2) is 4.39 Å². The van der Waals surface area contributed by atoms with Crippen LogP contribution in [0.25, 0.3) is 10.4 Å². The highest BCUT2D eigenvalue weighted by Crippen LogP contribution is 2.33. The predicted octanol–water partition coefficient (Wildman–Crippen LogP) is 4.57. The van der Waals surface area contributed by atoms with Gasteiger partial charge in [-0.2, -0.15) is 0 Å². The Morgan fingerprint density at radius 3 is 2.75 bits per heavy atom. The zero-order chi connectivity index (χ0) is 16.4.